The normalized spacial score (nSPS) is 15.9. The fourth-order valence-corrected chi connectivity index (χ4v) is 0.560. The second kappa shape index (κ2) is 3.66. The summed E-state index contributed by atoms with van der Waals surface area (Å²) in [5.41, 5.74) is 0.435. The molecule has 0 saturated carbocycles. The summed E-state index contributed by atoms with van der Waals surface area (Å²) in [7, 11) is 0. The Morgan fingerprint density at radius 2 is 2.10 bits per heavy atom. The van der Waals surface area contributed by atoms with Crippen molar-refractivity contribution in [3.05, 3.63) is 11.3 Å². The molecule has 0 bridgehead atoms. The van der Waals surface area contributed by atoms with E-state index in [1.807, 2.05) is 6.79 Å². The average molecular weight is 143 g/mol. The molecule has 0 spiro atoms. The standard InChI is InChI=1S/C5H7NO2.CH2O/c1-3-4(7)2-6-5(3)8;1-2/h7H,2H2,1H3,(H,6,8);1H2. The highest BCUT2D eigenvalue weighted by molar-refractivity contribution is 5.95. The minimum absolute atomic E-state index is 0.162. The molecule has 4 nitrogen and oxygen atoms in total. The highest BCUT2D eigenvalue weighted by atomic mass is 16.3. The van der Waals surface area contributed by atoms with Crippen molar-refractivity contribution in [2.24, 2.45) is 0 Å². The van der Waals surface area contributed by atoms with Crippen molar-refractivity contribution < 1.29 is 14.7 Å². The maximum absolute atomic E-state index is 10.5. The minimum Gasteiger partial charge on any atom is -0.510 e. The molecule has 0 atom stereocenters. The van der Waals surface area contributed by atoms with Crippen LogP contribution in [-0.2, 0) is 9.59 Å². The van der Waals surface area contributed by atoms with Crippen molar-refractivity contribution in [2.45, 2.75) is 6.92 Å². The van der Waals surface area contributed by atoms with E-state index >= 15 is 0 Å². The van der Waals surface area contributed by atoms with Crippen LogP contribution in [0.2, 0.25) is 0 Å². The Labute approximate surface area is 58.5 Å². The summed E-state index contributed by atoms with van der Waals surface area (Å²) in [5.74, 6) is -0.00231. The summed E-state index contributed by atoms with van der Waals surface area (Å²) in [6.07, 6.45) is 0. The van der Waals surface area contributed by atoms with E-state index in [9.17, 15) is 4.79 Å². The number of carbonyl (C=O) groups is 2. The number of hydrogen-bond acceptors (Lipinski definition) is 3. The Morgan fingerprint density at radius 3 is 2.20 bits per heavy atom. The van der Waals surface area contributed by atoms with Crippen LogP contribution in [-0.4, -0.2) is 24.3 Å². The first-order valence-electron chi connectivity index (χ1n) is 2.67. The molecule has 0 radical (unpaired) electrons. The van der Waals surface area contributed by atoms with Gasteiger partial charge in [-0.05, 0) is 6.92 Å². The van der Waals surface area contributed by atoms with Gasteiger partial charge in [-0.1, -0.05) is 0 Å². The Bertz CT molecular complexity index is 174. The molecule has 0 aromatic carbocycles. The summed E-state index contributed by atoms with van der Waals surface area (Å²) in [6, 6.07) is 0. The Hall–Kier alpha value is -1.32. The lowest BCUT2D eigenvalue weighted by Gasteiger charge is -1.84. The van der Waals surface area contributed by atoms with Gasteiger partial charge in [-0.25, -0.2) is 0 Å². The summed E-state index contributed by atoms with van der Waals surface area (Å²) < 4.78 is 0. The van der Waals surface area contributed by atoms with Crippen molar-refractivity contribution in [3.8, 4) is 0 Å². The molecule has 1 aliphatic rings. The van der Waals surface area contributed by atoms with E-state index in [0.29, 0.717) is 12.1 Å². The van der Waals surface area contributed by atoms with E-state index in [1.54, 1.807) is 6.92 Å². The molecule has 1 amide bonds. The van der Waals surface area contributed by atoms with Gasteiger partial charge in [-0.15, -0.1) is 0 Å². The lowest BCUT2D eigenvalue weighted by atomic mass is 10.3. The third-order valence-corrected chi connectivity index (χ3v) is 1.19. The van der Waals surface area contributed by atoms with Crippen LogP contribution in [0.25, 0.3) is 0 Å². The van der Waals surface area contributed by atoms with E-state index in [1.165, 1.54) is 0 Å². The second-order valence-corrected chi connectivity index (χ2v) is 1.75. The SMILES string of the molecule is C=O.CC1=C(O)CNC1=O. The number of hydrogen-bond donors (Lipinski definition) is 2. The molecule has 1 rings (SSSR count). The molecule has 0 fully saturated rings. The van der Waals surface area contributed by atoms with E-state index in [2.05, 4.69) is 5.32 Å². The lowest BCUT2D eigenvalue weighted by Crippen LogP contribution is -2.16. The first-order chi connectivity index (χ1) is 4.72. The average Bonchev–Trinajstić information content (AvgIpc) is 2.25. The van der Waals surface area contributed by atoms with Gasteiger partial charge in [0.05, 0.1) is 12.1 Å². The Morgan fingerprint density at radius 1 is 1.60 bits per heavy atom. The Balaban J connectivity index is 0.000000371. The van der Waals surface area contributed by atoms with Crippen molar-refractivity contribution in [1.29, 1.82) is 0 Å². The lowest BCUT2D eigenvalue weighted by molar-refractivity contribution is -0.116. The molecule has 2 N–H and O–H groups in total. The topological polar surface area (TPSA) is 66.4 Å². The zero-order valence-corrected chi connectivity index (χ0v) is 5.68. The van der Waals surface area contributed by atoms with Gasteiger partial charge >= 0.3 is 0 Å². The van der Waals surface area contributed by atoms with Gasteiger partial charge in [0.25, 0.3) is 5.91 Å². The summed E-state index contributed by atoms with van der Waals surface area (Å²) in [4.78, 5) is 18.5. The smallest absolute Gasteiger partial charge is 0.250 e. The van der Waals surface area contributed by atoms with Crippen LogP contribution in [0.5, 0.6) is 0 Å². The second-order valence-electron chi connectivity index (χ2n) is 1.75. The third-order valence-electron chi connectivity index (χ3n) is 1.19. The molecule has 10 heavy (non-hydrogen) atoms. The molecule has 1 aliphatic heterocycles. The first kappa shape index (κ1) is 8.68. The Kier molecular flexibility index (Phi) is 3.17. The predicted molar refractivity (Wildman–Crippen MR) is 35.5 cm³/mol. The van der Waals surface area contributed by atoms with Crippen molar-refractivity contribution in [2.75, 3.05) is 6.54 Å². The molecular weight excluding hydrogens is 134 g/mol. The molecule has 0 aromatic heterocycles. The first-order valence-corrected chi connectivity index (χ1v) is 2.67. The molecule has 0 aliphatic carbocycles. The molecule has 1 heterocycles. The quantitative estimate of drug-likeness (QED) is 0.492. The van der Waals surface area contributed by atoms with E-state index in [0.717, 1.165) is 0 Å². The van der Waals surface area contributed by atoms with Crippen LogP contribution in [0.3, 0.4) is 0 Å². The maximum atomic E-state index is 10.5. The highest BCUT2D eigenvalue weighted by Gasteiger charge is 2.16. The summed E-state index contributed by atoms with van der Waals surface area (Å²) in [6.45, 7) is 3.89. The van der Waals surface area contributed by atoms with E-state index in [-0.39, 0.29) is 11.7 Å². The van der Waals surface area contributed by atoms with Gasteiger partial charge < -0.3 is 15.2 Å². The fourth-order valence-electron chi connectivity index (χ4n) is 0.560. The molecule has 0 saturated heterocycles. The molecular formula is C6H9NO3. The van der Waals surface area contributed by atoms with Gasteiger partial charge in [-0.2, -0.15) is 0 Å². The number of carbonyl (C=O) groups excluding carboxylic acids is 2. The van der Waals surface area contributed by atoms with Gasteiger partial charge in [-0.3, -0.25) is 4.79 Å². The van der Waals surface area contributed by atoms with Gasteiger partial charge in [0.1, 0.15) is 12.5 Å². The number of rotatable bonds is 0. The van der Waals surface area contributed by atoms with Gasteiger partial charge in [0, 0.05) is 0 Å². The van der Waals surface area contributed by atoms with Crippen molar-refractivity contribution in [3.63, 3.8) is 0 Å². The zero-order valence-electron chi connectivity index (χ0n) is 5.68. The minimum atomic E-state index is -0.164. The van der Waals surface area contributed by atoms with Crippen LogP contribution in [0.1, 0.15) is 6.92 Å². The maximum Gasteiger partial charge on any atom is 0.250 e. The van der Waals surface area contributed by atoms with Gasteiger partial charge in [0.15, 0.2) is 0 Å². The van der Waals surface area contributed by atoms with Crippen molar-refractivity contribution >= 4 is 12.7 Å². The van der Waals surface area contributed by atoms with E-state index < -0.39 is 0 Å². The number of aliphatic hydroxyl groups is 1. The fraction of sp³-hybridized carbons (Fsp3) is 0.333. The van der Waals surface area contributed by atoms with Crippen LogP contribution in [0.4, 0.5) is 0 Å². The molecule has 0 aromatic rings. The number of nitrogens with one attached hydrogen (secondary N) is 1. The van der Waals surface area contributed by atoms with Gasteiger partial charge in [0.2, 0.25) is 0 Å². The van der Waals surface area contributed by atoms with Crippen LogP contribution in [0.15, 0.2) is 11.3 Å². The summed E-state index contributed by atoms with van der Waals surface area (Å²) in [5, 5.41) is 11.2. The van der Waals surface area contributed by atoms with Crippen LogP contribution < -0.4 is 5.32 Å². The number of aliphatic hydroxyl groups excluding tert-OH is 1. The van der Waals surface area contributed by atoms with Crippen LogP contribution >= 0.6 is 0 Å². The van der Waals surface area contributed by atoms with Crippen molar-refractivity contribution in [1.82, 2.24) is 5.32 Å². The molecule has 0 unspecified atom stereocenters. The monoisotopic (exact) mass is 143 g/mol. The summed E-state index contributed by atoms with van der Waals surface area (Å²) >= 11 is 0. The highest BCUT2D eigenvalue weighted by Crippen LogP contribution is 2.04. The predicted octanol–water partition coefficient (Wildman–Crippen LogP) is -0.237. The van der Waals surface area contributed by atoms with Crippen LogP contribution in [0, 0.1) is 0 Å². The largest absolute Gasteiger partial charge is 0.510 e. The third kappa shape index (κ3) is 1.58. The number of amides is 1. The zero-order chi connectivity index (χ0) is 8.15. The molecule has 4 heteroatoms. The van der Waals surface area contributed by atoms with E-state index in [4.69, 9.17) is 9.90 Å². The molecule has 56 valence electrons.